The molecule has 0 unspecified atom stereocenters. The van der Waals surface area contributed by atoms with Crippen LogP contribution in [0.25, 0.3) is 0 Å². The Bertz CT molecular complexity index is 272. The van der Waals surface area contributed by atoms with Crippen LogP contribution in [0, 0.1) is 0 Å². The lowest BCUT2D eigenvalue weighted by Crippen LogP contribution is -2.60. The van der Waals surface area contributed by atoms with E-state index in [0.29, 0.717) is 0 Å². The van der Waals surface area contributed by atoms with Gasteiger partial charge in [-0.15, -0.1) is 0 Å². The third-order valence-corrected chi connectivity index (χ3v) is 3.66. The van der Waals surface area contributed by atoms with E-state index in [1.165, 1.54) is 0 Å². The van der Waals surface area contributed by atoms with Gasteiger partial charge in [0.25, 0.3) is 0 Å². The molecule has 0 spiro atoms. The third kappa shape index (κ3) is 3.93. The second-order valence-corrected chi connectivity index (χ2v) is 5.83. The monoisotopic (exact) mass is 256 g/mol. The van der Waals surface area contributed by atoms with E-state index >= 15 is 0 Å². The summed E-state index contributed by atoms with van der Waals surface area (Å²) in [5.74, 6) is 0.214. The quantitative estimate of drug-likeness (QED) is 0.732. The van der Waals surface area contributed by atoms with Gasteiger partial charge >= 0.3 is 0 Å². The van der Waals surface area contributed by atoms with Crippen LogP contribution in [-0.4, -0.2) is 86.6 Å². The molecule has 0 aromatic heterocycles. The summed E-state index contributed by atoms with van der Waals surface area (Å²) in [6.45, 7) is 9.58. The van der Waals surface area contributed by atoms with Gasteiger partial charge < -0.3 is 15.1 Å². The predicted molar refractivity (Wildman–Crippen MR) is 74.7 cm³/mol. The number of piperazine rings is 1. The average molecular weight is 256 g/mol. The molecule has 0 atom stereocenters. The number of rotatable bonds is 5. The lowest BCUT2D eigenvalue weighted by atomic mass is 9.99. The number of carbonyl (C=O) groups excluding carboxylic acids is 1. The second-order valence-electron chi connectivity index (χ2n) is 5.83. The van der Waals surface area contributed by atoms with Crippen molar-refractivity contribution in [2.45, 2.75) is 19.4 Å². The minimum Gasteiger partial charge on any atom is -0.343 e. The lowest BCUT2D eigenvalue weighted by Gasteiger charge is -2.41. The first-order chi connectivity index (χ1) is 8.35. The summed E-state index contributed by atoms with van der Waals surface area (Å²) in [5.41, 5.74) is -0.400. The smallest absolute Gasteiger partial charge is 0.242 e. The Morgan fingerprint density at radius 3 is 2.22 bits per heavy atom. The Balaban J connectivity index is 2.56. The maximum Gasteiger partial charge on any atom is 0.242 e. The molecule has 0 aromatic rings. The molecule has 106 valence electrons. The molecule has 18 heavy (non-hydrogen) atoms. The zero-order valence-corrected chi connectivity index (χ0v) is 12.5. The maximum atomic E-state index is 12.5. The number of hydrogen-bond donors (Lipinski definition) is 1. The summed E-state index contributed by atoms with van der Waals surface area (Å²) in [5, 5.41) is 3.32. The maximum absolute atomic E-state index is 12.5. The molecule has 1 aliphatic heterocycles. The largest absolute Gasteiger partial charge is 0.343 e. The molecule has 1 rings (SSSR count). The van der Waals surface area contributed by atoms with E-state index in [0.717, 1.165) is 39.3 Å². The Labute approximate surface area is 111 Å². The topological polar surface area (TPSA) is 38.8 Å². The summed E-state index contributed by atoms with van der Waals surface area (Å²) < 4.78 is 0. The van der Waals surface area contributed by atoms with Crippen LogP contribution in [0.1, 0.15) is 13.8 Å². The van der Waals surface area contributed by atoms with E-state index in [2.05, 4.69) is 15.1 Å². The molecule has 0 aromatic carbocycles. The lowest BCUT2D eigenvalue weighted by molar-refractivity contribution is -0.141. The number of likely N-dealkylation sites (N-methyl/N-ethyl adjacent to an activating group) is 2. The molecule has 1 aliphatic rings. The normalized spacial score (nSPS) is 18.1. The molecule has 0 aliphatic carbocycles. The summed E-state index contributed by atoms with van der Waals surface area (Å²) in [6.07, 6.45) is 0. The first-order valence-electron chi connectivity index (χ1n) is 6.71. The summed E-state index contributed by atoms with van der Waals surface area (Å²) >= 11 is 0. The van der Waals surface area contributed by atoms with Crippen molar-refractivity contribution in [3.8, 4) is 0 Å². The van der Waals surface area contributed by atoms with Gasteiger partial charge in [-0.1, -0.05) is 0 Å². The van der Waals surface area contributed by atoms with Gasteiger partial charge in [0.15, 0.2) is 0 Å². The van der Waals surface area contributed by atoms with E-state index < -0.39 is 5.54 Å². The van der Waals surface area contributed by atoms with Crippen molar-refractivity contribution in [3.63, 3.8) is 0 Å². The fourth-order valence-corrected chi connectivity index (χ4v) is 2.28. The van der Waals surface area contributed by atoms with Gasteiger partial charge in [-0.3, -0.25) is 9.69 Å². The first-order valence-corrected chi connectivity index (χ1v) is 6.71. The van der Waals surface area contributed by atoms with Crippen LogP contribution in [0.3, 0.4) is 0 Å². The van der Waals surface area contributed by atoms with Crippen molar-refractivity contribution in [1.29, 1.82) is 0 Å². The van der Waals surface area contributed by atoms with Crippen molar-refractivity contribution < 1.29 is 4.79 Å². The zero-order valence-electron chi connectivity index (χ0n) is 12.5. The number of nitrogens with one attached hydrogen (secondary N) is 1. The highest BCUT2D eigenvalue weighted by Crippen LogP contribution is 2.17. The minimum absolute atomic E-state index is 0.214. The highest BCUT2D eigenvalue weighted by atomic mass is 16.2. The highest BCUT2D eigenvalue weighted by Gasteiger charge is 2.36. The van der Waals surface area contributed by atoms with Crippen LogP contribution in [0.15, 0.2) is 0 Å². The zero-order chi connectivity index (χ0) is 13.8. The fraction of sp³-hybridized carbons (Fsp3) is 0.923. The van der Waals surface area contributed by atoms with Crippen molar-refractivity contribution in [2.24, 2.45) is 0 Å². The molecule has 0 saturated carbocycles. The van der Waals surface area contributed by atoms with E-state index in [1.807, 2.05) is 39.9 Å². The summed E-state index contributed by atoms with van der Waals surface area (Å²) in [4.78, 5) is 18.7. The number of hydrogen-bond acceptors (Lipinski definition) is 4. The SMILES string of the molecule is CN(C)CCN(C)C(=O)C(C)(C)N1CCNCC1. The fourth-order valence-electron chi connectivity index (χ4n) is 2.28. The third-order valence-electron chi connectivity index (χ3n) is 3.66. The molecule has 0 bridgehead atoms. The van der Waals surface area contributed by atoms with Gasteiger partial charge in [0.2, 0.25) is 5.91 Å². The highest BCUT2D eigenvalue weighted by molar-refractivity contribution is 5.85. The average Bonchev–Trinajstić information content (AvgIpc) is 2.36. The van der Waals surface area contributed by atoms with Gasteiger partial charge in [0, 0.05) is 46.3 Å². The molecule has 1 fully saturated rings. The number of amides is 1. The van der Waals surface area contributed by atoms with Crippen LogP contribution >= 0.6 is 0 Å². The molecule has 0 radical (unpaired) electrons. The van der Waals surface area contributed by atoms with Gasteiger partial charge in [-0.2, -0.15) is 0 Å². The standard InChI is InChI=1S/C13H28N4O/c1-13(2,17-8-6-14-7-9-17)12(18)16(5)11-10-15(3)4/h14H,6-11H2,1-5H3. The summed E-state index contributed by atoms with van der Waals surface area (Å²) in [6, 6.07) is 0. The van der Waals surface area contributed by atoms with Crippen LogP contribution < -0.4 is 5.32 Å². The first kappa shape index (κ1) is 15.4. The molecule has 5 nitrogen and oxygen atoms in total. The van der Waals surface area contributed by atoms with Crippen LogP contribution in [0.4, 0.5) is 0 Å². The van der Waals surface area contributed by atoms with E-state index in [1.54, 1.807) is 0 Å². The van der Waals surface area contributed by atoms with Crippen molar-refractivity contribution in [2.75, 3.05) is 60.4 Å². The van der Waals surface area contributed by atoms with Gasteiger partial charge in [-0.05, 0) is 27.9 Å². The second kappa shape index (κ2) is 6.50. The van der Waals surface area contributed by atoms with Crippen molar-refractivity contribution in [1.82, 2.24) is 20.0 Å². The number of carbonyl (C=O) groups is 1. The Hall–Kier alpha value is -0.650. The van der Waals surface area contributed by atoms with Gasteiger partial charge in [-0.25, -0.2) is 0 Å². The molecular formula is C13H28N4O. The minimum atomic E-state index is -0.400. The molecular weight excluding hydrogens is 228 g/mol. The Morgan fingerprint density at radius 1 is 1.17 bits per heavy atom. The van der Waals surface area contributed by atoms with Crippen LogP contribution in [0.5, 0.6) is 0 Å². The Morgan fingerprint density at radius 2 is 1.72 bits per heavy atom. The van der Waals surface area contributed by atoms with Crippen molar-refractivity contribution in [3.05, 3.63) is 0 Å². The molecule has 1 heterocycles. The molecule has 5 heteroatoms. The molecule has 1 N–H and O–H groups in total. The van der Waals surface area contributed by atoms with E-state index in [4.69, 9.17) is 0 Å². The summed E-state index contributed by atoms with van der Waals surface area (Å²) in [7, 11) is 5.95. The van der Waals surface area contributed by atoms with Crippen molar-refractivity contribution >= 4 is 5.91 Å². The molecule has 1 amide bonds. The van der Waals surface area contributed by atoms with E-state index in [-0.39, 0.29) is 5.91 Å². The Kier molecular flexibility index (Phi) is 5.56. The van der Waals surface area contributed by atoms with Gasteiger partial charge in [0.1, 0.15) is 0 Å². The number of nitrogens with zero attached hydrogens (tertiary/aromatic N) is 3. The van der Waals surface area contributed by atoms with Gasteiger partial charge in [0.05, 0.1) is 5.54 Å². The van der Waals surface area contributed by atoms with E-state index in [9.17, 15) is 4.79 Å². The molecule has 1 saturated heterocycles. The van der Waals surface area contributed by atoms with Crippen LogP contribution in [0.2, 0.25) is 0 Å². The van der Waals surface area contributed by atoms with Crippen LogP contribution in [-0.2, 0) is 4.79 Å². The predicted octanol–water partition coefficient (Wildman–Crippen LogP) is -0.310.